The number of hydrogen-bond acceptors (Lipinski definition) is 6. The molecule has 0 aliphatic carbocycles. The molecule has 0 bridgehead atoms. The molecule has 0 N–H and O–H groups in total. The maximum atomic E-state index is 14.1. The van der Waals surface area contributed by atoms with Gasteiger partial charge >= 0.3 is 0 Å². The second-order valence-corrected chi connectivity index (χ2v) is 8.03. The number of hydrogen-bond donors (Lipinski definition) is 0. The second-order valence-electron chi connectivity index (χ2n) is 7.02. The van der Waals surface area contributed by atoms with Gasteiger partial charge in [0, 0.05) is 6.54 Å². The number of para-hydroxylation sites is 2. The summed E-state index contributed by atoms with van der Waals surface area (Å²) in [5, 5.41) is 8.72. The van der Waals surface area contributed by atoms with Crippen LogP contribution in [0, 0.1) is 5.82 Å². The highest BCUT2D eigenvalue weighted by molar-refractivity contribution is 7.22. The lowest BCUT2D eigenvalue weighted by atomic mass is 10.3. The highest BCUT2D eigenvalue weighted by atomic mass is 32.1. The van der Waals surface area contributed by atoms with Crippen LogP contribution in [-0.2, 0) is 11.3 Å². The molecule has 0 fully saturated rings. The topological polar surface area (TPSA) is 67.2 Å². The van der Waals surface area contributed by atoms with Crippen LogP contribution in [0.25, 0.3) is 21.3 Å². The summed E-state index contributed by atoms with van der Waals surface area (Å²) in [7, 11) is 3.97. The largest absolute Gasteiger partial charge is 0.309 e. The minimum atomic E-state index is -0.382. The zero-order valence-corrected chi connectivity index (χ0v) is 17.1. The van der Waals surface area contributed by atoms with E-state index in [0.29, 0.717) is 17.2 Å². The minimum absolute atomic E-state index is 0.0425. The van der Waals surface area contributed by atoms with Crippen molar-refractivity contribution in [2.24, 2.45) is 0 Å². The third-order valence-corrected chi connectivity index (χ3v) is 5.63. The third kappa shape index (κ3) is 4.10. The number of carbonyl (C=O) groups excluding carboxylic acids is 1. The zero-order chi connectivity index (χ0) is 20.4. The molecule has 2 aromatic carbocycles. The first-order valence-electron chi connectivity index (χ1n) is 9.31. The SMILES string of the molecule is CN(C)CCCN(C(=O)Cn1nnc2ccccc21)c1nc2c(F)cccc2s1. The van der Waals surface area contributed by atoms with Crippen LogP contribution < -0.4 is 4.90 Å². The van der Waals surface area contributed by atoms with Gasteiger partial charge in [-0.1, -0.05) is 34.7 Å². The van der Waals surface area contributed by atoms with Gasteiger partial charge in [0.25, 0.3) is 5.91 Å². The maximum absolute atomic E-state index is 14.1. The van der Waals surface area contributed by atoms with E-state index in [9.17, 15) is 9.18 Å². The summed E-state index contributed by atoms with van der Waals surface area (Å²) in [6.45, 7) is 1.36. The number of fused-ring (bicyclic) bond motifs is 2. The van der Waals surface area contributed by atoms with Crippen molar-refractivity contribution < 1.29 is 9.18 Å². The van der Waals surface area contributed by atoms with Crippen molar-refractivity contribution >= 4 is 43.6 Å². The van der Waals surface area contributed by atoms with Crippen LogP contribution in [0.4, 0.5) is 9.52 Å². The summed E-state index contributed by atoms with van der Waals surface area (Å²) in [6.07, 6.45) is 0.773. The fraction of sp³-hybridized carbons (Fsp3) is 0.300. The van der Waals surface area contributed by atoms with E-state index in [0.717, 1.165) is 28.7 Å². The molecule has 7 nitrogen and oxygen atoms in total. The first-order valence-corrected chi connectivity index (χ1v) is 10.1. The molecule has 4 rings (SSSR count). The highest BCUT2D eigenvalue weighted by Gasteiger charge is 2.22. The van der Waals surface area contributed by atoms with Gasteiger partial charge < -0.3 is 4.90 Å². The van der Waals surface area contributed by atoms with E-state index < -0.39 is 0 Å². The number of halogens is 1. The Kier molecular flexibility index (Phi) is 5.50. The zero-order valence-electron chi connectivity index (χ0n) is 16.2. The van der Waals surface area contributed by atoms with Crippen molar-refractivity contribution in [3.05, 3.63) is 48.3 Å². The molecule has 0 unspecified atom stereocenters. The van der Waals surface area contributed by atoms with E-state index in [1.807, 2.05) is 44.4 Å². The number of thiazole rings is 1. The normalized spacial score (nSPS) is 11.6. The Morgan fingerprint density at radius 2 is 1.97 bits per heavy atom. The molecule has 0 aliphatic rings. The number of rotatable bonds is 7. The fourth-order valence-corrected chi connectivity index (χ4v) is 4.16. The van der Waals surface area contributed by atoms with Crippen molar-refractivity contribution in [2.75, 3.05) is 32.1 Å². The highest BCUT2D eigenvalue weighted by Crippen LogP contribution is 2.30. The molecule has 1 amide bonds. The summed E-state index contributed by atoms with van der Waals surface area (Å²) in [5.74, 6) is -0.535. The van der Waals surface area contributed by atoms with Crippen molar-refractivity contribution in [3.63, 3.8) is 0 Å². The van der Waals surface area contributed by atoms with Gasteiger partial charge in [0.05, 0.1) is 10.2 Å². The molecule has 0 radical (unpaired) electrons. The van der Waals surface area contributed by atoms with Crippen molar-refractivity contribution in [2.45, 2.75) is 13.0 Å². The van der Waals surface area contributed by atoms with E-state index in [4.69, 9.17) is 0 Å². The van der Waals surface area contributed by atoms with Gasteiger partial charge in [-0.3, -0.25) is 9.69 Å². The number of carbonyl (C=O) groups is 1. The van der Waals surface area contributed by atoms with Gasteiger partial charge in [0.2, 0.25) is 0 Å². The maximum Gasteiger partial charge on any atom is 0.250 e. The van der Waals surface area contributed by atoms with Gasteiger partial charge in [-0.15, -0.1) is 5.10 Å². The minimum Gasteiger partial charge on any atom is -0.309 e. The van der Waals surface area contributed by atoms with Crippen molar-refractivity contribution in [1.29, 1.82) is 0 Å². The summed E-state index contributed by atoms with van der Waals surface area (Å²) in [5.41, 5.74) is 1.83. The number of benzene rings is 2. The average molecular weight is 412 g/mol. The molecule has 29 heavy (non-hydrogen) atoms. The molecule has 4 aromatic rings. The van der Waals surface area contributed by atoms with E-state index >= 15 is 0 Å². The monoisotopic (exact) mass is 412 g/mol. The van der Waals surface area contributed by atoms with Gasteiger partial charge in [0.1, 0.15) is 23.4 Å². The summed E-state index contributed by atoms with van der Waals surface area (Å²) in [6, 6.07) is 12.3. The van der Waals surface area contributed by atoms with Gasteiger partial charge in [-0.05, 0) is 51.3 Å². The fourth-order valence-electron chi connectivity index (χ4n) is 3.14. The summed E-state index contributed by atoms with van der Waals surface area (Å²) < 4.78 is 16.4. The predicted molar refractivity (Wildman–Crippen MR) is 113 cm³/mol. The second kappa shape index (κ2) is 8.22. The van der Waals surface area contributed by atoms with E-state index in [2.05, 4.69) is 20.2 Å². The van der Waals surface area contributed by atoms with E-state index in [-0.39, 0.29) is 18.3 Å². The van der Waals surface area contributed by atoms with Crippen LogP contribution in [0.15, 0.2) is 42.5 Å². The Labute approximate surface area is 171 Å². The van der Waals surface area contributed by atoms with Crippen LogP contribution >= 0.6 is 11.3 Å². The smallest absolute Gasteiger partial charge is 0.250 e. The predicted octanol–water partition coefficient (Wildman–Crippen LogP) is 3.17. The molecular formula is C20H21FN6OS. The first-order chi connectivity index (χ1) is 14.0. The molecule has 0 saturated heterocycles. The van der Waals surface area contributed by atoms with Crippen molar-refractivity contribution in [1.82, 2.24) is 24.9 Å². The quantitative estimate of drug-likeness (QED) is 0.466. The molecule has 2 aromatic heterocycles. The van der Waals surface area contributed by atoms with Crippen molar-refractivity contribution in [3.8, 4) is 0 Å². The Bertz CT molecular complexity index is 1150. The number of aromatic nitrogens is 4. The molecule has 0 aliphatic heterocycles. The molecule has 2 heterocycles. The van der Waals surface area contributed by atoms with Gasteiger partial charge in [0.15, 0.2) is 5.13 Å². The Morgan fingerprint density at radius 3 is 2.76 bits per heavy atom. The molecule has 0 atom stereocenters. The van der Waals surface area contributed by atoms with Crippen LogP contribution in [0.5, 0.6) is 0 Å². The number of nitrogens with zero attached hydrogens (tertiary/aromatic N) is 6. The molecule has 150 valence electrons. The average Bonchev–Trinajstić information content (AvgIpc) is 3.30. The number of amides is 1. The lowest BCUT2D eigenvalue weighted by Crippen LogP contribution is -2.36. The third-order valence-electron chi connectivity index (χ3n) is 4.58. The molecule has 9 heteroatoms. The van der Waals surface area contributed by atoms with Crippen LogP contribution in [0.3, 0.4) is 0 Å². The van der Waals surface area contributed by atoms with Crippen LogP contribution in [-0.4, -0.2) is 58.0 Å². The van der Waals surface area contributed by atoms with E-state index in [1.54, 1.807) is 15.6 Å². The number of anilines is 1. The Balaban J connectivity index is 1.63. The lowest BCUT2D eigenvalue weighted by molar-refractivity contribution is -0.119. The lowest BCUT2D eigenvalue weighted by Gasteiger charge is -2.21. The van der Waals surface area contributed by atoms with E-state index in [1.165, 1.54) is 17.4 Å². The molecule has 0 spiro atoms. The standard InChI is InChI=1S/C20H21FN6OS/c1-25(2)11-6-12-26(20-22-19-14(21)7-5-10-17(19)29-20)18(28)13-27-16-9-4-3-8-15(16)23-24-27/h3-5,7-10H,6,11-13H2,1-2H3. The summed E-state index contributed by atoms with van der Waals surface area (Å²) in [4.78, 5) is 21.3. The first kappa shape index (κ1) is 19.4. The molecular weight excluding hydrogens is 391 g/mol. The van der Waals surface area contributed by atoms with Gasteiger partial charge in [-0.25, -0.2) is 14.1 Å². The molecule has 0 saturated carbocycles. The van der Waals surface area contributed by atoms with Gasteiger partial charge in [-0.2, -0.15) is 0 Å². The van der Waals surface area contributed by atoms with Crippen LogP contribution in [0.1, 0.15) is 6.42 Å². The summed E-state index contributed by atoms with van der Waals surface area (Å²) >= 11 is 1.32. The van der Waals surface area contributed by atoms with Crippen LogP contribution in [0.2, 0.25) is 0 Å². The Hall–Kier alpha value is -2.91. The Morgan fingerprint density at radius 1 is 1.14 bits per heavy atom.